The molecule has 0 bridgehead atoms. The summed E-state index contributed by atoms with van der Waals surface area (Å²) in [5, 5.41) is 0. The number of nitrogens with two attached hydrogens (primary N) is 1. The van der Waals surface area contributed by atoms with Crippen molar-refractivity contribution in [3.05, 3.63) is 78.6 Å². The third kappa shape index (κ3) is 6.06. The number of hydrogen-bond acceptors (Lipinski definition) is 5. The number of carbonyl (C=O) groups excluding carboxylic acids is 1. The van der Waals surface area contributed by atoms with Gasteiger partial charge in [-0.2, -0.15) is 0 Å². The van der Waals surface area contributed by atoms with Crippen molar-refractivity contribution in [3.8, 4) is 16.9 Å². The van der Waals surface area contributed by atoms with Gasteiger partial charge in [0, 0.05) is 49.1 Å². The number of pyridine rings is 1. The van der Waals surface area contributed by atoms with Gasteiger partial charge in [-0.15, -0.1) is 12.4 Å². The normalized spacial score (nSPS) is 20.1. The maximum Gasteiger partial charge on any atom is 0.230 e. The van der Waals surface area contributed by atoms with Crippen LogP contribution >= 0.6 is 12.4 Å². The lowest BCUT2D eigenvalue weighted by Gasteiger charge is -2.29. The van der Waals surface area contributed by atoms with E-state index in [1.165, 1.54) is 0 Å². The molecule has 1 amide bonds. The maximum absolute atomic E-state index is 13.6. The van der Waals surface area contributed by atoms with Crippen molar-refractivity contribution in [1.29, 1.82) is 0 Å². The largest absolute Gasteiger partial charge is 0.490 e. The molecule has 2 fully saturated rings. The molecular weight excluding hydrogens is 474 g/mol. The Morgan fingerprint density at radius 1 is 1.06 bits per heavy atom. The highest BCUT2D eigenvalue weighted by Crippen LogP contribution is 2.48. The maximum atomic E-state index is 13.6. The zero-order valence-electron chi connectivity index (χ0n) is 20.7. The first-order valence-corrected chi connectivity index (χ1v) is 12.4. The van der Waals surface area contributed by atoms with Crippen LogP contribution in [0, 0.1) is 5.92 Å². The summed E-state index contributed by atoms with van der Waals surface area (Å²) in [6.07, 6.45) is 5.12. The lowest BCUT2D eigenvalue weighted by Crippen LogP contribution is -2.47. The van der Waals surface area contributed by atoms with E-state index in [1.54, 1.807) is 13.3 Å². The molecule has 0 spiro atoms. The monoisotopic (exact) mass is 507 g/mol. The van der Waals surface area contributed by atoms with Crippen LogP contribution in [0.5, 0.6) is 5.75 Å². The number of amides is 1. The molecule has 36 heavy (non-hydrogen) atoms. The number of nitrogens with zero attached hydrogens (tertiary/aromatic N) is 2. The SMILES string of the molecule is CO[C@H](C)[C@H](N)CN(C(=O)[C@@H]1C[C@H]1c1ccccn1)c1ccc(-c2ccc(OC3CC3)cc2)cc1.Cl. The number of rotatable bonds is 10. The fraction of sp³-hybridized carbons (Fsp3) is 0.379. The van der Waals surface area contributed by atoms with Gasteiger partial charge in [-0.1, -0.05) is 30.3 Å². The molecule has 6 nitrogen and oxygen atoms in total. The van der Waals surface area contributed by atoms with Crippen LogP contribution in [0.3, 0.4) is 0 Å². The molecule has 0 saturated heterocycles. The Hall–Kier alpha value is -2.93. The minimum atomic E-state index is -0.297. The van der Waals surface area contributed by atoms with Crippen LogP contribution in [0.25, 0.3) is 11.1 Å². The van der Waals surface area contributed by atoms with E-state index in [2.05, 4.69) is 29.2 Å². The molecule has 2 aliphatic rings. The molecule has 0 unspecified atom stereocenters. The van der Waals surface area contributed by atoms with Crippen LogP contribution < -0.4 is 15.4 Å². The van der Waals surface area contributed by atoms with E-state index in [0.717, 1.165) is 47.5 Å². The first-order valence-electron chi connectivity index (χ1n) is 12.4. The second-order valence-corrected chi connectivity index (χ2v) is 9.65. The van der Waals surface area contributed by atoms with Gasteiger partial charge in [0.1, 0.15) is 5.75 Å². The summed E-state index contributed by atoms with van der Waals surface area (Å²) in [5.74, 6) is 1.10. The van der Waals surface area contributed by atoms with E-state index >= 15 is 0 Å². The molecule has 3 aromatic rings. The van der Waals surface area contributed by atoms with Gasteiger partial charge in [-0.05, 0) is 73.7 Å². The number of ether oxygens (including phenoxy) is 2. The molecule has 190 valence electrons. The number of carbonyl (C=O) groups is 1. The summed E-state index contributed by atoms with van der Waals surface area (Å²) in [7, 11) is 1.64. The molecule has 1 heterocycles. The van der Waals surface area contributed by atoms with Crippen molar-refractivity contribution >= 4 is 24.0 Å². The van der Waals surface area contributed by atoms with Crippen LogP contribution in [0.15, 0.2) is 72.9 Å². The highest BCUT2D eigenvalue weighted by atomic mass is 35.5. The van der Waals surface area contributed by atoms with Crippen molar-refractivity contribution in [3.63, 3.8) is 0 Å². The average molecular weight is 508 g/mol. The number of aromatic nitrogens is 1. The quantitative estimate of drug-likeness (QED) is 0.407. The van der Waals surface area contributed by atoms with E-state index in [9.17, 15) is 4.79 Å². The fourth-order valence-electron chi connectivity index (χ4n) is 4.39. The van der Waals surface area contributed by atoms with Crippen molar-refractivity contribution in [2.45, 2.75) is 50.4 Å². The number of methoxy groups -OCH3 is 1. The molecule has 0 radical (unpaired) electrons. The minimum Gasteiger partial charge on any atom is -0.490 e. The Kier molecular flexibility index (Phi) is 8.29. The highest BCUT2D eigenvalue weighted by Gasteiger charge is 2.47. The molecule has 4 atom stereocenters. The standard InChI is InChI=1S/C29H33N3O3.ClH/c1-19(34-2)27(30)18-32(29(33)26-17-25(26)28-5-3-4-16-31-28)22-10-6-20(7-11-22)21-8-12-23(13-9-21)35-24-14-15-24;/h3-13,16,19,24-27H,14-15,17-18,30H2,1-2H3;1H/t19-,25-,26-,27-;/m1./s1. The first-order chi connectivity index (χ1) is 17.0. The molecule has 2 saturated carbocycles. The van der Waals surface area contributed by atoms with Gasteiger partial charge in [0.25, 0.3) is 0 Å². The summed E-state index contributed by atoms with van der Waals surface area (Å²) in [6, 6.07) is 21.9. The number of halogens is 1. The summed E-state index contributed by atoms with van der Waals surface area (Å²) < 4.78 is 11.3. The van der Waals surface area contributed by atoms with E-state index < -0.39 is 0 Å². The summed E-state index contributed by atoms with van der Waals surface area (Å²) in [6.45, 7) is 2.33. The van der Waals surface area contributed by atoms with Crippen molar-refractivity contribution in [2.24, 2.45) is 11.7 Å². The number of benzene rings is 2. The zero-order chi connectivity index (χ0) is 24.4. The third-order valence-electron chi connectivity index (χ3n) is 7.00. The van der Waals surface area contributed by atoms with Gasteiger partial charge < -0.3 is 20.1 Å². The smallest absolute Gasteiger partial charge is 0.230 e. The van der Waals surface area contributed by atoms with Gasteiger partial charge >= 0.3 is 0 Å². The van der Waals surface area contributed by atoms with Gasteiger partial charge in [0.15, 0.2) is 0 Å². The van der Waals surface area contributed by atoms with Gasteiger partial charge in [-0.3, -0.25) is 9.78 Å². The molecule has 0 aliphatic heterocycles. The Bertz CT molecular complexity index is 1140. The zero-order valence-corrected chi connectivity index (χ0v) is 21.6. The summed E-state index contributed by atoms with van der Waals surface area (Å²) in [4.78, 5) is 19.9. The predicted molar refractivity (Wildman–Crippen MR) is 145 cm³/mol. The van der Waals surface area contributed by atoms with Crippen LogP contribution in [-0.2, 0) is 9.53 Å². The topological polar surface area (TPSA) is 77.7 Å². The second-order valence-electron chi connectivity index (χ2n) is 9.65. The molecule has 2 aromatic carbocycles. The molecule has 2 N–H and O–H groups in total. The summed E-state index contributed by atoms with van der Waals surface area (Å²) >= 11 is 0. The molecule has 5 rings (SSSR count). The van der Waals surface area contributed by atoms with Crippen molar-refractivity contribution in [1.82, 2.24) is 4.98 Å². The Morgan fingerprint density at radius 3 is 2.31 bits per heavy atom. The predicted octanol–water partition coefficient (Wildman–Crippen LogP) is 5.21. The van der Waals surface area contributed by atoms with Crippen molar-refractivity contribution < 1.29 is 14.3 Å². The van der Waals surface area contributed by atoms with Gasteiger partial charge in [-0.25, -0.2) is 0 Å². The van der Waals surface area contributed by atoms with Crippen LogP contribution in [0.2, 0.25) is 0 Å². The Morgan fingerprint density at radius 2 is 1.72 bits per heavy atom. The van der Waals surface area contributed by atoms with E-state index in [4.69, 9.17) is 15.2 Å². The molecule has 7 heteroatoms. The average Bonchev–Trinajstić information content (AvgIpc) is 3.83. The fourth-order valence-corrected chi connectivity index (χ4v) is 4.39. The Labute approximate surface area is 219 Å². The molecule has 1 aromatic heterocycles. The number of hydrogen-bond donors (Lipinski definition) is 1. The second kappa shape index (κ2) is 11.4. The first kappa shape index (κ1) is 26.1. The van der Waals surface area contributed by atoms with Crippen LogP contribution in [0.4, 0.5) is 5.69 Å². The van der Waals surface area contributed by atoms with E-state index in [0.29, 0.717) is 12.6 Å². The molecule has 2 aliphatic carbocycles. The van der Waals surface area contributed by atoms with Crippen LogP contribution in [-0.4, -0.2) is 42.8 Å². The highest BCUT2D eigenvalue weighted by molar-refractivity contribution is 5.97. The lowest BCUT2D eigenvalue weighted by molar-refractivity contribution is -0.120. The Balaban J connectivity index is 0.00000304. The van der Waals surface area contributed by atoms with Gasteiger partial charge in [0.05, 0.1) is 12.2 Å². The lowest BCUT2D eigenvalue weighted by atomic mass is 10.0. The third-order valence-corrected chi connectivity index (χ3v) is 7.00. The van der Waals surface area contributed by atoms with Gasteiger partial charge in [0.2, 0.25) is 5.91 Å². The summed E-state index contributed by atoms with van der Waals surface area (Å²) in [5.41, 5.74) is 10.4. The molecular formula is C29H34ClN3O3. The number of anilines is 1. The van der Waals surface area contributed by atoms with Crippen molar-refractivity contribution in [2.75, 3.05) is 18.6 Å². The minimum absolute atomic E-state index is 0. The van der Waals surface area contributed by atoms with Crippen LogP contribution in [0.1, 0.15) is 37.8 Å². The van der Waals surface area contributed by atoms with E-state index in [-0.39, 0.29) is 42.3 Å². The van der Waals surface area contributed by atoms with E-state index in [1.807, 2.05) is 54.3 Å².